The Kier molecular flexibility index (Phi) is 6.17. The second-order valence-corrected chi connectivity index (χ2v) is 7.13. The molecule has 4 nitrogen and oxygen atoms in total. The van der Waals surface area contributed by atoms with Crippen molar-refractivity contribution in [2.75, 3.05) is 26.2 Å². The molecule has 0 atom stereocenters. The van der Waals surface area contributed by atoms with Crippen LogP contribution in [0, 0.1) is 0 Å². The predicted molar refractivity (Wildman–Crippen MR) is 104 cm³/mol. The molecule has 3 rings (SSSR count). The van der Waals surface area contributed by atoms with E-state index in [1.807, 2.05) is 35.2 Å². The zero-order valence-electron chi connectivity index (χ0n) is 14.3. The van der Waals surface area contributed by atoms with Crippen LogP contribution in [0.2, 0.25) is 10.0 Å². The van der Waals surface area contributed by atoms with Gasteiger partial charge >= 0.3 is 0 Å². The van der Waals surface area contributed by atoms with E-state index in [9.17, 15) is 9.59 Å². The van der Waals surface area contributed by atoms with Gasteiger partial charge in [-0.05, 0) is 30.2 Å². The van der Waals surface area contributed by atoms with E-state index in [1.165, 1.54) is 0 Å². The molecular formula is C20H20Cl2N2O2. The van der Waals surface area contributed by atoms with Crippen LogP contribution < -0.4 is 0 Å². The molecule has 136 valence electrons. The SMILES string of the molecule is O=C(CCc1ccccc1)N1CCN(C(=O)c2cc(Cl)ccc2Cl)CC1. The van der Waals surface area contributed by atoms with Crippen molar-refractivity contribution < 1.29 is 9.59 Å². The molecule has 1 aliphatic heterocycles. The number of halogens is 2. The lowest BCUT2D eigenvalue weighted by Crippen LogP contribution is -2.50. The number of benzene rings is 2. The van der Waals surface area contributed by atoms with Crippen molar-refractivity contribution >= 4 is 35.0 Å². The molecule has 1 saturated heterocycles. The van der Waals surface area contributed by atoms with E-state index in [2.05, 4.69) is 0 Å². The molecule has 2 amide bonds. The van der Waals surface area contributed by atoms with Crippen molar-refractivity contribution in [1.29, 1.82) is 0 Å². The topological polar surface area (TPSA) is 40.6 Å². The van der Waals surface area contributed by atoms with Gasteiger partial charge in [0.1, 0.15) is 0 Å². The van der Waals surface area contributed by atoms with Crippen LogP contribution in [-0.4, -0.2) is 47.8 Å². The van der Waals surface area contributed by atoms with Gasteiger partial charge in [-0.2, -0.15) is 0 Å². The van der Waals surface area contributed by atoms with E-state index in [4.69, 9.17) is 23.2 Å². The van der Waals surface area contributed by atoms with Crippen LogP contribution in [0.5, 0.6) is 0 Å². The lowest BCUT2D eigenvalue weighted by Gasteiger charge is -2.35. The highest BCUT2D eigenvalue weighted by atomic mass is 35.5. The Morgan fingerprint density at radius 3 is 2.23 bits per heavy atom. The zero-order valence-corrected chi connectivity index (χ0v) is 15.8. The van der Waals surface area contributed by atoms with E-state index in [0.717, 1.165) is 12.0 Å². The lowest BCUT2D eigenvalue weighted by molar-refractivity contribution is -0.132. The van der Waals surface area contributed by atoms with Crippen molar-refractivity contribution in [3.05, 3.63) is 69.7 Å². The molecule has 0 unspecified atom stereocenters. The van der Waals surface area contributed by atoms with E-state index in [-0.39, 0.29) is 11.8 Å². The predicted octanol–water partition coefficient (Wildman–Crippen LogP) is 3.91. The van der Waals surface area contributed by atoms with Gasteiger partial charge in [0.2, 0.25) is 5.91 Å². The molecule has 2 aromatic carbocycles. The summed E-state index contributed by atoms with van der Waals surface area (Å²) in [6.45, 7) is 2.08. The summed E-state index contributed by atoms with van der Waals surface area (Å²) < 4.78 is 0. The van der Waals surface area contributed by atoms with E-state index in [0.29, 0.717) is 48.2 Å². The second-order valence-electron chi connectivity index (χ2n) is 6.28. The standard InChI is InChI=1S/C20H20Cl2N2O2/c21-16-7-8-18(22)17(14-16)20(26)24-12-10-23(11-13-24)19(25)9-6-15-4-2-1-3-5-15/h1-5,7-8,14H,6,9-13H2. The molecule has 0 aliphatic carbocycles. The number of carbonyl (C=O) groups is 2. The molecule has 1 fully saturated rings. The first kappa shape index (κ1) is 18.7. The summed E-state index contributed by atoms with van der Waals surface area (Å²) in [4.78, 5) is 28.6. The molecule has 0 aromatic heterocycles. The minimum atomic E-state index is -0.145. The first-order valence-corrected chi connectivity index (χ1v) is 9.36. The van der Waals surface area contributed by atoms with Crippen LogP contribution in [0.15, 0.2) is 48.5 Å². The number of aryl methyl sites for hydroxylation is 1. The summed E-state index contributed by atoms with van der Waals surface area (Å²) in [6, 6.07) is 14.8. The Morgan fingerprint density at radius 2 is 1.54 bits per heavy atom. The third kappa shape index (κ3) is 4.57. The largest absolute Gasteiger partial charge is 0.339 e. The fraction of sp³-hybridized carbons (Fsp3) is 0.300. The minimum absolute atomic E-state index is 0.127. The first-order valence-electron chi connectivity index (χ1n) is 8.60. The van der Waals surface area contributed by atoms with Crippen molar-refractivity contribution in [1.82, 2.24) is 9.80 Å². The molecule has 2 aromatic rings. The molecule has 1 aliphatic rings. The van der Waals surface area contributed by atoms with Crippen LogP contribution in [-0.2, 0) is 11.2 Å². The van der Waals surface area contributed by atoms with Gasteiger partial charge in [-0.3, -0.25) is 9.59 Å². The fourth-order valence-corrected chi connectivity index (χ4v) is 3.42. The Bertz CT molecular complexity index is 788. The van der Waals surface area contributed by atoms with E-state index >= 15 is 0 Å². The van der Waals surface area contributed by atoms with Gasteiger partial charge in [0.25, 0.3) is 5.91 Å². The Labute approximate surface area is 163 Å². The van der Waals surface area contributed by atoms with Gasteiger partial charge in [0.15, 0.2) is 0 Å². The van der Waals surface area contributed by atoms with Crippen molar-refractivity contribution in [3.63, 3.8) is 0 Å². The maximum atomic E-state index is 12.6. The summed E-state index contributed by atoms with van der Waals surface area (Å²) in [6.07, 6.45) is 1.22. The van der Waals surface area contributed by atoms with Gasteiger partial charge in [-0.1, -0.05) is 53.5 Å². The van der Waals surface area contributed by atoms with E-state index < -0.39 is 0 Å². The van der Waals surface area contributed by atoms with Crippen molar-refractivity contribution in [2.24, 2.45) is 0 Å². The number of nitrogens with zero attached hydrogens (tertiary/aromatic N) is 2. The number of hydrogen-bond donors (Lipinski definition) is 0. The second kappa shape index (κ2) is 8.56. The number of piperazine rings is 1. The number of rotatable bonds is 4. The van der Waals surface area contributed by atoms with Gasteiger partial charge in [0.05, 0.1) is 10.6 Å². The van der Waals surface area contributed by atoms with Crippen LogP contribution in [0.3, 0.4) is 0 Å². The molecule has 0 N–H and O–H groups in total. The third-order valence-electron chi connectivity index (χ3n) is 4.55. The van der Waals surface area contributed by atoms with Gasteiger partial charge < -0.3 is 9.80 Å². The number of amides is 2. The molecule has 26 heavy (non-hydrogen) atoms. The molecule has 0 bridgehead atoms. The first-order chi connectivity index (χ1) is 12.5. The smallest absolute Gasteiger partial charge is 0.255 e. The number of hydrogen-bond acceptors (Lipinski definition) is 2. The van der Waals surface area contributed by atoms with Crippen LogP contribution in [0.4, 0.5) is 0 Å². The fourth-order valence-electron chi connectivity index (χ4n) is 3.04. The van der Waals surface area contributed by atoms with Crippen LogP contribution in [0.1, 0.15) is 22.3 Å². The van der Waals surface area contributed by atoms with Crippen LogP contribution in [0.25, 0.3) is 0 Å². The maximum absolute atomic E-state index is 12.6. The molecule has 6 heteroatoms. The highest BCUT2D eigenvalue weighted by molar-refractivity contribution is 6.35. The molecular weight excluding hydrogens is 371 g/mol. The van der Waals surface area contributed by atoms with Gasteiger partial charge in [-0.25, -0.2) is 0 Å². The summed E-state index contributed by atoms with van der Waals surface area (Å²) in [5, 5.41) is 0.869. The van der Waals surface area contributed by atoms with Crippen molar-refractivity contribution in [3.8, 4) is 0 Å². The molecule has 1 heterocycles. The third-order valence-corrected chi connectivity index (χ3v) is 5.11. The Balaban J connectivity index is 1.53. The lowest BCUT2D eigenvalue weighted by atomic mass is 10.1. The Morgan fingerprint density at radius 1 is 0.885 bits per heavy atom. The minimum Gasteiger partial charge on any atom is -0.339 e. The molecule has 0 saturated carbocycles. The van der Waals surface area contributed by atoms with Crippen LogP contribution >= 0.6 is 23.2 Å². The Hall–Kier alpha value is -2.04. The van der Waals surface area contributed by atoms with Gasteiger partial charge in [0, 0.05) is 37.6 Å². The molecule has 0 spiro atoms. The zero-order chi connectivity index (χ0) is 18.5. The summed E-state index contributed by atoms with van der Waals surface area (Å²) in [5.41, 5.74) is 1.56. The highest BCUT2D eigenvalue weighted by Crippen LogP contribution is 2.22. The maximum Gasteiger partial charge on any atom is 0.255 e. The highest BCUT2D eigenvalue weighted by Gasteiger charge is 2.25. The average Bonchev–Trinajstić information content (AvgIpc) is 2.68. The quantitative estimate of drug-likeness (QED) is 0.793. The summed E-state index contributed by atoms with van der Waals surface area (Å²) in [5.74, 6) is -0.0179. The number of carbonyl (C=O) groups excluding carboxylic acids is 2. The van der Waals surface area contributed by atoms with E-state index in [1.54, 1.807) is 23.1 Å². The normalized spacial score (nSPS) is 14.4. The molecule has 0 radical (unpaired) electrons. The average molecular weight is 391 g/mol. The monoisotopic (exact) mass is 390 g/mol. The van der Waals surface area contributed by atoms with Gasteiger partial charge in [-0.15, -0.1) is 0 Å². The van der Waals surface area contributed by atoms with Crippen molar-refractivity contribution in [2.45, 2.75) is 12.8 Å². The summed E-state index contributed by atoms with van der Waals surface area (Å²) in [7, 11) is 0. The summed E-state index contributed by atoms with van der Waals surface area (Å²) >= 11 is 12.1.